The monoisotopic (exact) mass is 349 g/mol. The Morgan fingerprint density at radius 1 is 1.24 bits per heavy atom. The Morgan fingerprint density at radius 2 is 1.96 bits per heavy atom. The molecule has 25 heavy (non-hydrogen) atoms. The van der Waals surface area contributed by atoms with E-state index < -0.39 is 0 Å². The van der Waals surface area contributed by atoms with Crippen LogP contribution in [-0.4, -0.2) is 53.9 Å². The summed E-state index contributed by atoms with van der Waals surface area (Å²) in [5.41, 5.74) is 1.46. The minimum atomic E-state index is -0.250. The SMILES string of the molecule is O=CO.O[C@@H]1CCC[C@@]12CCCN(CCCOCc1ccccc1)C2. The molecule has 1 saturated heterocycles. The summed E-state index contributed by atoms with van der Waals surface area (Å²) in [5, 5.41) is 17.2. The topological polar surface area (TPSA) is 70.0 Å². The Kier molecular flexibility index (Phi) is 8.38. The fourth-order valence-electron chi connectivity index (χ4n) is 4.20. The number of carboxylic acid groups (broad SMARTS) is 1. The van der Waals surface area contributed by atoms with Crippen molar-refractivity contribution in [2.24, 2.45) is 5.41 Å². The molecule has 2 fully saturated rings. The van der Waals surface area contributed by atoms with Crippen LogP contribution in [0.5, 0.6) is 0 Å². The van der Waals surface area contributed by atoms with E-state index in [9.17, 15) is 5.11 Å². The molecule has 0 unspecified atom stereocenters. The van der Waals surface area contributed by atoms with Crippen molar-refractivity contribution < 1.29 is 19.7 Å². The molecule has 0 amide bonds. The second kappa shape index (κ2) is 10.5. The molecule has 3 rings (SSSR count). The molecule has 1 aliphatic heterocycles. The Bertz CT molecular complexity index is 496. The summed E-state index contributed by atoms with van der Waals surface area (Å²) in [6, 6.07) is 10.4. The number of aliphatic hydroxyl groups is 1. The van der Waals surface area contributed by atoms with Crippen LogP contribution in [0.1, 0.15) is 44.1 Å². The average molecular weight is 349 g/mol. The number of hydrogen-bond donors (Lipinski definition) is 2. The van der Waals surface area contributed by atoms with Gasteiger partial charge in [0, 0.05) is 25.1 Å². The van der Waals surface area contributed by atoms with E-state index in [4.69, 9.17) is 14.6 Å². The van der Waals surface area contributed by atoms with Crippen LogP contribution in [0.4, 0.5) is 0 Å². The van der Waals surface area contributed by atoms with Crippen molar-refractivity contribution in [3.63, 3.8) is 0 Å². The molecule has 2 atom stereocenters. The molecule has 1 saturated carbocycles. The third-order valence-corrected chi connectivity index (χ3v) is 5.42. The first-order chi connectivity index (χ1) is 12.2. The van der Waals surface area contributed by atoms with Gasteiger partial charge in [0.1, 0.15) is 0 Å². The van der Waals surface area contributed by atoms with E-state index in [0.717, 1.165) is 32.5 Å². The van der Waals surface area contributed by atoms with E-state index >= 15 is 0 Å². The number of ether oxygens (including phenoxy) is 1. The van der Waals surface area contributed by atoms with Crippen LogP contribution in [0.15, 0.2) is 30.3 Å². The quantitative estimate of drug-likeness (QED) is 0.610. The molecule has 1 heterocycles. The van der Waals surface area contributed by atoms with Crippen LogP contribution in [0, 0.1) is 5.41 Å². The Labute approximate surface area is 150 Å². The van der Waals surface area contributed by atoms with Gasteiger partial charge in [-0.25, -0.2) is 0 Å². The molecule has 0 radical (unpaired) electrons. The Balaban J connectivity index is 0.000000701. The average Bonchev–Trinajstić information content (AvgIpc) is 2.96. The molecule has 1 aromatic carbocycles. The molecule has 0 aromatic heterocycles. The van der Waals surface area contributed by atoms with Gasteiger partial charge in [0.2, 0.25) is 0 Å². The van der Waals surface area contributed by atoms with Gasteiger partial charge in [-0.2, -0.15) is 0 Å². The van der Waals surface area contributed by atoms with Gasteiger partial charge in [-0.05, 0) is 44.2 Å². The summed E-state index contributed by atoms with van der Waals surface area (Å²) in [6.45, 7) is 4.66. The Hall–Kier alpha value is -1.43. The van der Waals surface area contributed by atoms with Crippen molar-refractivity contribution >= 4 is 6.47 Å². The number of nitrogens with zero attached hydrogens (tertiary/aromatic N) is 1. The summed E-state index contributed by atoms with van der Waals surface area (Å²) in [5.74, 6) is 0. The van der Waals surface area contributed by atoms with E-state index in [1.54, 1.807) is 0 Å². The highest BCUT2D eigenvalue weighted by Crippen LogP contribution is 2.44. The molecule has 0 bridgehead atoms. The maximum Gasteiger partial charge on any atom is 0.290 e. The van der Waals surface area contributed by atoms with Crippen LogP contribution in [-0.2, 0) is 16.1 Å². The lowest BCUT2D eigenvalue weighted by atomic mass is 9.76. The minimum absolute atomic E-state index is 0.0652. The number of aliphatic hydroxyl groups excluding tert-OH is 1. The zero-order valence-corrected chi connectivity index (χ0v) is 15.0. The molecule has 140 valence electrons. The van der Waals surface area contributed by atoms with Crippen LogP contribution < -0.4 is 0 Å². The van der Waals surface area contributed by atoms with Gasteiger partial charge in [0.25, 0.3) is 6.47 Å². The highest BCUT2D eigenvalue weighted by molar-refractivity contribution is 5.32. The van der Waals surface area contributed by atoms with Gasteiger partial charge in [0.15, 0.2) is 0 Å². The molecule has 5 nitrogen and oxygen atoms in total. The van der Waals surface area contributed by atoms with E-state index in [2.05, 4.69) is 29.2 Å². The smallest absolute Gasteiger partial charge is 0.290 e. The number of likely N-dealkylation sites (tertiary alicyclic amines) is 1. The third kappa shape index (κ3) is 6.10. The summed E-state index contributed by atoms with van der Waals surface area (Å²) in [4.78, 5) is 10.9. The van der Waals surface area contributed by atoms with Gasteiger partial charge < -0.3 is 19.8 Å². The van der Waals surface area contributed by atoms with Gasteiger partial charge in [-0.15, -0.1) is 0 Å². The molecule has 1 aromatic rings. The molecular formula is C20H31NO4. The molecule has 1 aliphatic carbocycles. The second-order valence-corrected chi connectivity index (χ2v) is 7.15. The first-order valence-electron chi connectivity index (χ1n) is 9.30. The standard InChI is InChI=1S/C19H29NO2.CH2O2/c21-18-9-4-10-19(18)11-5-12-20(16-19)13-6-14-22-15-17-7-2-1-3-8-17;2-1-3/h1-3,7-8,18,21H,4-6,9-16H2;1H,(H,2,3)/t18-,19+;/m1./s1. The zero-order chi connectivity index (χ0) is 18.0. The second-order valence-electron chi connectivity index (χ2n) is 7.15. The summed E-state index contributed by atoms with van der Waals surface area (Å²) >= 11 is 0. The van der Waals surface area contributed by atoms with Crippen LogP contribution in [0.3, 0.4) is 0 Å². The lowest BCUT2D eigenvalue weighted by Crippen LogP contribution is -2.47. The first kappa shape index (κ1) is 19.9. The van der Waals surface area contributed by atoms with Crippen LogP contribution in [0.25, 0.3) is 0 Å². The maximum absolute atomic E-state index is 10.3. The number of carbonyl (C=O) groups is 1. The zero-order valence-electron chi connectivity index (χ0n) is 15.0. The summed E-state index contributed by atoms with van der Waals surface area (Å²) in [6.07, 6.45) is 6.90. The van der Waals surface area contributed by atoms with Crippen molar-refractivity contribution in [1.82, 2.24) is 4.90 Å². The van der Waals surface area contributed by atoms with E-state index in [1.807, 2.05) is 6.07 Å². The Morgan fingerprint density at radius 3 is 2.64 bits per heavy atom. The number of hydrogen-bond acceptors (Lipinski definition) is 4. The van der Waals surface area contributed by atoms with Crippen molar-refractivity contribution in [2.45, 2.75) is 51.2 Å². The fraction of sp³-hybridized carbons (Fsp3) is 0.650. The van der Waals surface area contributed by atoms with Crippen LogP contribution in [0.2, 0.25) is 0 Å². The van der Waals surface area contributed by atoms with Crippen LogP contribution >= 0.6 is 0 Å². The van der Waals surface area contributed by atoms with Gasteiger partial charge in [-0.3, -0.25) is 4.79 Å². The normalized spacial score (nSPS) is 26.2. The van der Waals surface area contributed by atoms with Gasteiger partial charge in [-0.1, -0.05) is 36.8 Å². The fourth-order valence-corrected chi connectivity index (χ4v) is 4.20. The lowest BCUT2D eigenvalue weighted by Gasteiger charge is -2.42. The van der Waals surface area contributed by atoms with Crippen molar-refractivity contribution in [1.29, 1.82) is 0 Å². The molecule has 2 N–H and O–H groups in total. The lowest BCUT2D eigenvalue weighted by molar-refractivity contribution is -0.122. The predicted molar refractivity (Wildman–Crippen MR) is 97.4 cm³/mol. The number of piperidine rings is 1. The van der Waals surface area contributed by atoms with Crippen molar-refractivity contribution in [2.75, 3.05) is 26.2 Å². The largest absolute Gasteiger partial charge is 0.483 e. The van der Waals surface area contributed by atoms with Crippen molar-refractivity contribution in [3.05, 3.63) is 35.9 Å². The summed E-state index contributed by atoms with van der Waals surface area (Å²) in [7, 11) is 0. The van der Waals surface area contributed by atoms with Gasteiger partial charge >= 0.3 is 0 Å². The molecule has 5 heteroatoms. The highest BCUT2D eigenvalue weighted by Gasteiger charge is 2.44. The third-order valence-electron chi connectivity index (χ3n) is 5.42. The molecular weight excluding hydrogens is 318 g/mol. The number of rotatable bonds is 6. The van der Waals surface area contributed by atoms with Gasteiger partial charge in [0.05, 0.1) is 12.7 Å². The van der Waals surface area contributed by atoms with E-state index in [0.29, 0.717) is 6.61 Å². The minimum Gasteiger partial charge on any atom is -0.483 e. The molecule has 1 spiro atoms. The maximum atomic E-state index is 10.3. The van der Waals surface area contributed by atoms with E-state index in [1.165, 1.54) is 37.8 Å². The van der Waals surface area contributed by atoms with E-state index in [-0.39, 0.29) is 18.0 Å². The highest BCUT2D eigenvalue weighted by atomic mass is 16.5. The van der Waals surface area contributed by atoms with Crippen molar-refractivity contribution in [3.8, 4) is 0 Å². The number of benzene rings is 1. The summed E-state index contributed by atoms with van der Waals surface area (Å²) < 4.78 is 5.77. The predicted octanol–water partition coefficient (Wildman–Crippen LogP) is 2.92. The molecule has 2 aliphatic rings. The first-order valence-corrected chi connectivity index (χ1v) is 9.30.